The summed E-state index contributed by atoms with van der Waals surface area (Å²) in [6.07, 6.45) is -0.822. The lowest BCUT2D eigenvalue weighted by molar-refractivity contribution is 0.0913. The number of hydrogen-bond acceptors (Lipinski definition) is 4. The molecule has 1 unspecified atom stereocenters. The van der Waals surface area contributed by atoms with Crippen LogP contribution in [-0.4, -0.2) is 27.8 Å². The molecule has 0 bridgehead atoms. The number of aliphatic hydroxyl groups is 1. The number of benzene rings is 1. The van der Waals surface area contributed by atoms with Crippen molar-refractivity contribution < 1.29 is 9.90 Å². The van der Waals surface area contributed by atoms with Crippen molar-refractivity contribution in [1.82, 2.24) is 15.5 Å². The summed E-state index contributed by atoms with van der Waals surface area (Å²) in [6.45, 7) is 3.41. The second-order valence-electron chi connectivity index (χ2n) is 4.77. The largest absolute Gasteiger partial charge is 0.387 e. The van der Waals surface area contributed by atoms with Gasteiger partial charge in [-0.05, 0) is 25.0 Å². The van der Waals surface area contributed by atoms with Crippen LogP contribution in [0.4, 0.5) is 0 Å². The van der Waals surface area contributed by atoms with Crippen LogP contribution in [0.2, 0.25) is 0 Å². The topological polar surface area (TPSA) is 95.1 Å². The number of aliphatic hydroxyl groups excluding tert-OH is 1. The zero-order valence-corrected chi connectivity index (χ0v) is 11.9. The molecule has 1 aromatic carbocycles. The van der Waals surface area contributed by atoms with Gasteiger partial charge < -0.3 is 10.4 Å². The van der Waals surface area contributed by atoms with E-state index < -0.39 is 17.6 Å². The van der Waals surface area contributed by atoms with E-state index in [1.54, 1.807) is 26.0 Å². The molecule has 2 aromatic rings. The molecule has 0 saturated heterocycles. The number of aryl methyl sites for hydroxylation is 1. The molecule has 1 amide bonds. The third kappa shape index (κ3) is 3.35. The zero-order chi connectivity index (χ0) is 15.4. The normalized spacial score (nSPS) is 12.0. The quantitative estimate of drug-likeness (QED) is 0.777. The highest BCUT2D eigenvalue weighted by Crippen LogP contribution is 2.11. The first-order chi connectivity index (χ1) is 10.0. The second-order valence-corrected chi connectivity index (χ2v) is 4.77. The van der Waals surface area contributed by atoms with E-state index in [0.29, 0.717) is 16.8 Å². The lowest BCUT2D eigenvalue weighted by atomic mass is 10.1. The van der Waals surface area contributed by atoms with Gasteiger partial charge in [0.05, 0.1) is 11.8 Å². The molecule has 0 fully saturated rings. The fraction of sp³-hybridized carbons (Fsp3) is 0.267. The molecule has 0 aliphatic carbocycles. The smallest absolute Gasteiger partial charge is 0.277 e. The van der Waals surface area contributed by atoms with Gasteiger partial charge in [0, 0.05) is 6.54 Å². The molecule has 110 valence electrons. The number of carbonyl (C=O) groups excluding carboxylic acids is 1. The number of amides is 1. The number of nitrogens with zero attached hydrogens (tertiary/aromatic N) is 1. The summed E-state index contributed by atoms with van der Waals surface area (Å²) < 4.78 is 0. The van der Waals surface area contributed by atoms with Gasteiger partial charge in [-0.1, -0.05) is 30.3 Å². The van der Waals surface area contributed by atoms with E-state index in [-0.39, 0.29) is 12.1 Å². The van der Waals surface area contributed by atoms with Crippen molar-refractivity contribution >= 4 is 5.91 Å². The van der Waals surface area contributed by atoms with Crippen LogP contribution in [-0.2, 0) is 0 Å². The average molecular weight is 287 g/mol. The van der Waals surface area contributed by atoms with Crippen molar-refractivity contribution in [3.8, 4) is 0 Å². The third-order valence-electron chi connectivity index (χ3n) is 3.34. The minimum atomic E-state index is -0.822. The lowest BCUT2D eigenvalue weighted by Crippen LogP contribution is -2.34. The van der Waals surface area contributed by atoms with E-state index in [0.717, 1.165) is 0 Å². The van der Waals surface area contributed by atoms with Crippen molar-refractivity contribution in [1.29, 1.82) is 0 Å². The lowest BCUT2D eigenvalue weighted by Gasteiger charge is -2.13. The van der Waals surface area contributed by atoms with Gasteiger partial charge in [0.1, 0.15) is 5.56 Å². The molecule has 6 nitrogen and oxygen atoms in total. The van der Waals surface area contributed by atoms with Crippen LogP contribution in [0.1, 0.15) is 33.3 Å². The molecular formula is C15H17N3O3. The highest BCUT2D eigenvalue weighted by Gasteiger charge is 2.17. The molecule has 0 aliphatic heterocycles. The second kappa shape index (κ2) is 6.32. The third-order valence-corrected chi connectivity index (χ3v) is 3.34. The first kappa shape index (κ1) is 14.9. The van der Waals surface area contributed by atoms with Gasteiger partial charge >= 0.3 is 0 Å². The minimum Gasteiger partial charge on any atom is -0.387 e. The fourth-order valence-electron chi connectivity index (χ4n) is 1.97. The molecule has 0 radical (unpaired) electrons. The van der Waals surface area contributed by atoms with Crippen LogP contribution in [0.25, 0.3) is 0 Å². The zero-order valence-electron chi connectivity index (χ0n) is 11.9. The van der Waals surface area contributed by atoms with E-state index in [1.807, 2.05) is 18.2 Å². The van der Waals surface area contributed by atoms with Crippen molar-refractivity contribution in [2.24, 2.45) is 0 Å². The van der Waals surface area contributed by atoms with Crippen molar-refractivity contribution in [3.63, 3.8) is 0 Å². The monoisotopic (exact) mass is 287 g/mol. The molecule has 6 heteroatoms. The van der Waals surface area contributed by atoms with E-state index in [2.05, 4.69) is 15.5 Å². The van der Waals surface area contributed by atoms with Gasteiger partial charge in [0.2, 0.25) is 0 Å². The number of rotatable bonds is 4. The fourth-order valence-corrected chi connectivity index (χ4v) is 1.97. The highest BCUT2D eigenvalue weighted by atomic mass is 16.3. The summed E-state index contributed by atoms with van der Waals surface area (Å²) in [5, 5.41) is 18.6. The Bertz CT molecular complexity index is 695. The Balaban J connectivity index is 2.10. The van der Waals surface area contributed by atoms with Gasteiger partial charge in [-0.25, -0.2) is 5.10 Å². The summed E-state index contributed by atoms with van der Waals surface area (Å²) in [7, 11) is 0. The molecular weight excluding hydrogens is 270 g/mol. The molecule has 1 atom stereocenters. The maximum atomic E-state index is 12.1. The highest BCUT2D eigenvalue weighted by molar-refractivity contribution is 5.95. The summed E-state index contributed by atoms with van der Waals surface area (Å²) in [5.74, 6) is -0.519. The number of H-pyrrole nitrogens is 1. The van der Waals surface area contributed by atoms with E-state index in [9.17, 15) is 14.7 Å². The molecule has 0 saturated carbocycles. The first-order valence-corrected chi connectivity index (χ1v) is 6.57. The SMILES string of the molecule is Cc1n[nH]c(=O)c(C(=O)NCC(O)c2ccccc2)c1C. The average Bonchev–Trinajstić information content (AvgIpc) is 2.50. The summed E-state index contributed by atoms with van der Waals surface area (Å²) >= 11 is 0. The first-order valence-electron chi connectivity index (χ1n) is 6.57. The van der Waals surface area contributed by atoms with Gasteiger partial charge in [-0.15, -0.1) is 0 Å². The van der Waals surface area contributed by atoms with Crippen molar-refractivity contribution in [2.45, 2.75) is 20.0 Å². The van der Waals surface area contributed by atoms with Gasteiger partial charge in [-0.2, -0.15) is 5.10 Å². The Morgan fingerprint density at radius 3 is 2.67 bits per heavy atom. The maximum absolute atomic E-state index is 12.1. The van der Waals surface area contributed by atoms with Crippen LogP contribution < -0.4 is 10.9 Å². The van der Waals surface area contributed by atoms with Crippen LogP contribution in [0.5, 0.6) is 0 Å². The standard InChI is InChI=1S/C15H17N3O3/c1-9-10(2)17-18-15(21)13(9)14(20)16-8-12(19)11-6-4-3-5-7-11/h3-7,12,19H,8H2,1-2H3,(H,16,20)(H,18,21). The van der Waals surface area contributed by atoms with Crippen LogP contribution in [0.3, 0.4) is 0 Å². The Hall–Kier alpha value is -2.47. The summed E-state index contributed by atoms with van der Waals surface area (Å²) in [5.41, 5.74) is 1.32. The molecule has 3 N–H and O–H groups in total. The van der Waals surface area contributed by atoms with E-state index in [1.165, 1.54) is 0 Å². The van der Waals surface area contributed by atoms with Gasteiger partial charge in [0.25, 0.3) is 11.5 Å². The Morgan fingerprint density at radius 1 is 1.33 bits per heavy atom. The predicted octanol–water partition coefficient (Wildman–Crippen LogP) is 0.850. The molecule has 2 rings (SSSR count). The number of aromatic amines is 1. The van der Waals surface area contributed by atoms with Gasteiger partial charge in [-0.3, -0.25) is 9.59 Å². The van der Waals surface area contributed by atoms with Crippen LogP contribution >= 0.6 is 0 Å². The van der Waals surface area contributed by atoms with Crippen LogP contribution in [0, 0.1) is 13.8 Å². The van der Waals surface area contributed by atoms with Crippen molar-refractivity contribution in [2.75, 3.05) is 6.54 Å². The number of aromatic nitrogens is 2. The molecule has 1 aromatic heterocycles. The Labute approximate surface area is 121 Å². The van der Waals surface area contributed by atoms with E-state index in [4.69, 9.17) is 0 Å². The Morgan fingerprint density at radius 2 is 2.00 bits per heavy atom. The number of hydrogen-bond donors (Lipinski definition) is 3. The summed E-state index contributed by atoms with van der Waals surface area (Å²) in [4.78, 5) is 23.8. The van der Waals surface area contributed by atoms with Gasteiger partial charge in [0.15, 0.2) is 0 Å². The molecule has 0 aliphatic rings. The van der Waals surface area contributed by atoms with Crippen LogP contribution in [0.15, 0.2) is 35.1 Å². The maximum Gasteiger partial charge on any atom is 0.277 e. The number of carbonyl (C=O) groups is 1. The molecule has 0 spiro atoms. The Kier molecular flexibility index (Phi) is 4.49. The van der Waals surface area contributed by atoms with E-state index >= 15 is 0 Å². The molecule has 21 heavy (non-hydrogen) atoms. The van der Waals surface area contributed by atoms with Crippen molar-refractivity contribution in [3.05, 3.63) is 63.1 Å². The minimum absolute atomic E-state index is 0.0303. The predicted molar refractivity (Wildman–Crippen MR) is 78.1 cm³/mol. The molecule has 1 heterocycles. The number of nitrogens with one attached hydrogen (secondary N) is 2. The summed E-state index contributed by atoms with van der Waals surface area (Å²) in [6, 6.07) is 9.00.